The maximum atomic E-state index is 11.6. The maximum Gasteiger partial charge on any atom is 0.145 e. The van der Waals surface area contributed by atoms with Crippen LogP contribution < -0.4 is 0 Å². The van der Waals surface area contributed by atoms with Crippen LogP contribution in [0.25, 0.3) is 0 Å². The minimum Gasteiger partial charge on any atom is -0.396 e. The molecule has 1 rings (SSSR count). The second kappa shape index (κ2) is 14.2. The number of allylic oxidation sites excluding steroid dienone is 6. The molecule has 0 spiro atoms. The second-order valence-electron chi connectivity index (χ2n) is 11.1. The smallest absolute Gasteiger partial charge is 0.145 e. The zero-order valence-corrected chi connectivity index (χ0v) is 22.8. The van der Waals surface area contributed by atoms with E-state index in [0.29, 0.717) is 19.3 Å². The summed E-state index contributed by atoms with van der Waals surface area (Å²) in [5, 5.41) is 30.9. The minimum absolute atomic E-state index is 0.0973. The van der Waals surface area contributed by atoms with E-state index in [1.54, 1.807) is 0 Å². The van der Waals surface area contributed by atoms with Gasteiger partial charge in [0, 0.05) is 12.0 Å². The molecule has 194 valence electrons. The van der Waals surface area contributed by atoms with Crippen molar-refractivity contribution in [2.24, 2.45) is 11.3 Å². The molecule has 1 aliphatic carbocycles. The lowest BCUT2D eigenvalue weighted by atomic mass is 9.54. The van der Waals surface area contributed by atoms with Crippen LogP contribution in [0.4, 0.5) is 0 Å². The van der Waals surface area contributed by atoms with Gasteiger partial charge in [0.1, 0.15) is 6.29 Å². The molecule has 4 nitrogen and oxygen atoms in total. The Bertz CT molecular complexity index is 780. The quantitative estimate of drug-likeness (QED) is 0.159. The van der Waals surface area contributed by atoms with Crippen molar-refractivity contribution in [2.45, 2.75) is 118 Å². The third kappa shape index (κ3) is 8.94. The van der Waals surface area contributed by atoms with E-state index < -0.39 is 11.7 Å². The van der Waals surface area contributed by atoms with Crippen LogP contribution >= 0.6 is 0 Å². The molecule has 34 heavy (non-hydrogen) atoms. The first kappa shape index (κ1) is 30.5. The number of aliphatic hydroxyl groups excluding tert-OH is 2. The Labute approximate surface area is 208 Å². The summed E-state index contributed by atoms with van der Waals surface area (Å²) in [6.07, 6.45) is 14.1. The molecule has 1 aliphatic rings. The molecule has 3 N–H and O–H groups in total. The van der Waals surface area contributed by atoms with Crippen molar-refractivity contribution in [3.05, 3.63) is 46.1 Å². The monoisotopic (exact) mass is 474 g/mol. The molecule has 4 heteroatoms. The Morgan fingerprint density at radius 3 is 2.32 bits per heavy atom. The highest BCUT2D eigenvalue weighted by atomic mass is 16.3. The van der Waals surface area contributed by atoms with Crippen LogP contribution in [0.15, 0.2) is 46.1 Å². The lowest BCUT2D eigenvalue weighted by Gasteiger charge is -2.53. The van der Waals surface area contributed by atoms with Gasteiger partial charge in [-0.1, -0.05) is 47.4 Å². The van der Waals surface area contributed by atoms with E-state index in [-0.39, 0.29) is 17.9 Å². The normalized spacial score (nSPS) is 28.5. The van der Waals surface area contributed by atoms with Gasteiger partial charge < -0.3 is 15.3 Å². The van der Waals surface area contributed by atoms with Gasteiger partial charge in [-0.2, -0.15) is 0 Å². The van der Waals surface area contributed by atoms with Crippen LogP contribution in [0, 0.1) is 11.3 Å². The first-order valence-corrected chi connectivity index (χ1v) is 13.0. The first-order chi connectivity index (χ1) is 15.9. The number of hydrogen-bond acceptors (Lipinski definition) is 4. The Kier molecular flexibility index (Phi) is 12.7. The van der Waals surface area contributed by atoms with Gasteiger partial charge in [0.05, 0.1) is 11.7 Å². The molecule has 0 saturated heterocycles. The standard InChI is InChI=1S/C30H50O4/c1-22(2)19-26(33)20-24(4)12-8-11-23(3)13-9-16-29(6)28(14-10-18-31)27(25(5)21-32)15-17-30(29,7)34/h12-13,19,21,26,28,31,33-34H,8-11,14-18,20H2,1-7H3/b23-13+,24-12+,27-25-/t26-,28+,29-,30-/m0/s1. The zero-order chi connectivity index (χ0) is 25.9. The molecule has 0 heterocycles. The van der Waals surface area contributed by atoms with Crippen LogP contribution in [-0.4, -0.2) is 39.9 Å². The summed E-state index contributed by atoms with van der Waals surface area (Å²) >= 11 is 0. The molecule has 1 saturated carbocycles. The van der Waals surface area contributed by atoms with Crippen molar-refractivity contribution in [3.63, 3.8) is 0 Å². The molecule has 0 aliphatic heterocycles. The minimum atomic E-state index is -0.812. The topological polar surface area (TPSA) is 77.8 Å². The molecule has 0 bridgehead atoms. The summed E-state index contributed by atoms with van der Waals surface area (Å²) in [5.41, 5.74) is 4.46. The van der Waals surface area contributed by atoms with Crippen LogP contribution in [0.5, 0.6) is 0 Å². The zero-order valence-electron chi connectivity index (χ0n) is 22.8. The van der Waals surface area contributed by atoms with Crippen molar-refractivity contribution in [2.75, 3.05) is 6.61 Å². The lowest BCUT2D eigenvalue weighted by Crippen LogP contribution is -2.52. The van der Waals surface area contributed by atoms with Crippen molar-refractivity contribution in [1.82, 2.24) is 0 Å². The summed E-state index contributed by atoms with van der Waals surface area (Å²) in [7, 11) is 0. The fourth-order valence-electron chi connectivity index (χ4n) is 5.50. The van der Waals surface area contributed by atoms with E-state index in [2.05, 4.69) is 32.9 Å². The molecule has 0 aromatic carbocycles. The number of rotatable bonds is 13. The van der Waals surface area contributed by atoms with Gasteiger partial charge in [-0.05, 0) is 111 Å². The van der Waals surface area contributed by atoms with E-state index in [1.165, 1.54) is 11.1 Å². The third-order valence-electron chi connectivity index (χ3n) is 7.88. The van der Waals surface area contributed by atoms with E-state index >= 15 is 0 Å². The Hall–Kier alpha value is -1.49. The second-order valence-corrected chi connectivity index (χ2v) is 11.1. The number of carbonyl (C=O) groups excluding carboxylic acids is 1. The number of carbonyl (C=O) groups is 1. The van der Waals surface area contributed by atoms with Crippen molar-refractivity contribution >= 4 is 6.29 Å². The van der Waals surface area contributed by atoms with Crippen LogP contribution in [-0.2, 0) is 4.79 Å². The predicted molar refractivity (Wildman–Crippen MR) is 143 cm³/mol. The number of aldehydes is 1. The molecule has 1 fully saturated rings. The van der Waals surface area contributed by atoms with Gasteiger partial charge in [-0.15, -0.1) is 0 Å². The fraction of sp³-hybridized carbons (Fsp3) is 0.700. The maximum absolute atomic E-state index is 11.6. The number of aliphatic hydroxyl groups is 3. The molecular weight excluding hydrogens is 424 g/mol. The fourth-order valence-corrected chi connectivity index (χ4v) is 5.50. The highest BCUT2D eigenvalue weighted by molar-refractivity contribution is 5.74. The van der Waals surface area contributed by atoms with E-state index in [4.69, 9.17) is 0 Å². The molecule has 0 unspecified atom stereocenters. The van der Waals surface area contributed by atoms with Crippen LogP contribution in [0.2, 0.25) is 0 Å². The molecule has 0 aromatic heterocycles. The summed E-state index contributed by atoms with van der Waals surface area (Å²) in [6, 6.07) is 0. The van der Waals surface area contributed by atoms with E-state index in [0.717, 1.165) is 61.5 Å². The van der Waals surface area contributed by atoms with E-state index in [9.17, 15) is 20.1 Å². The van der Waals surface area contributed by atoms with Crippen molar-refractivity contribution in [3.8, 4) is 0 Å². The summed E-state index contributed by atoms with van der Waals surface area (Å²) in [6.45, 7) is 14.4. The van der Waals surface area contributed by atoms with Gasteiger partial charge in [0.2, 0.25) is 0 Å². The molecule has 0 aromatic rings. The Morgan fingerprint density at radius 1 is 1.09 bits per heavy atom. The third-order valence-corrected chi connectivity index (χ3v) is 7.88. The average molecular weight is 475 g/mol. The Morgan fingerprint density at radius 2 is 1.74 bits per heavy atom. The van der Waals surface area contributed by atoms with Crippen molar-refractivity contribution in [1.29, 1.82) is 0 Å². The highest BCUT2D eigenvalue weighted by Gasteiger charge is 2.51. The number of hydrogen-bond donors (Lipinski definition) is 3. The lowest BCUT2D eigenvalue weighted by molar-refractivity contribution is -0.115. The van der Waals surface area contributed by atoms with Gasteiger partial charge >= 0.3 is 0 Å². The summed E-state index contributed by atoms with van der Waals surface area (Å²) in [4.78, 5) is 11.6. The van der Waals surface area contributed by atoms with E-state index in [1.807, 2.05) is 33.8 Å². The van der Waals surface area contributed by atoms with Crippen LogP contribution in [0.1, 0.15) is 106 Å². The SMILES string of the molecule is CC(C)=C[C@H](O)C/C(C)=C/CC/C(C)=C/CC[C@@]1(C)[C@H](CCCO)/C(=C(/C)C=O)CC[C@]1(C)O. The van der Waals surface area contributed by atoms with Crippen LogP contribution in [0.3, 0.4) is 0 Å². The largest absolute Gasteiger partial charge is 0.396 e. The Balaban J connectivity index is 2.85. The predicted octanol–water partition coefficient (Wildman–Crippen LogP) is 6.61. The first-order valence-electron chi connectivity index (χ1n) is 13.0. The highest BCUT2D eigenvalue weighted by Crippen LogP contribution is 2.55. The van der Waals surface area contributed by atoms with Gasteiger partial charge in [-0.25, -0.2) is 0 Å². The van der Waals surface area contributed by atoms with Gasteiger partial charge in [-0.3, -0.25) is 4.79 Å². The van der Waals surface area contributed by atoms with Crippen molar-refractivity contribution < 1.29 is 20.1 Å². The van der Waals surface area contributed by atoms with Gasteiger partial charge in [0.15, 0.2) is 0 Å². The molecule has 0 radical (unpaired) electrons. The summed E-state index contributed by atoms with van der Waals surface area (Å²) < 4.78 is 0. The molecule has 4 atom stereocenters. The molecular formula is C30H50O4. The molecule has 0 amide bonds. The van der Waals surface area contributed by atoms with Gasteiger partial charge in [0.25, 0.3) is 0 Å². The summed E-state index contributed by atoms with van der Waals surface area (Å²) in [5.74, 6) is 0.0973. The average Bonchev–Trinajstić information content (AvgIpc) is 2.73.